The summed E-state index contributed by atoms with van der Waals surface area (Å²) in [6.45, 7) is 5.90. The van der Waals surface area contributed by atoms with Gasteiger partial charge in [-0.25, -0.2) is 4.72 Å². The van der Waals surface area contributed by atoms with E-state index < -0.39 is 5.54 Å². The minimum Gasteiger partial charge on any atom is -0.301 e. The smallest absolute Gasteiger partial charge is 0.140 e. The topological polar surface area (TPSA) is 29.1 Å². The van der Waals surface area contributed by atoms with Crippen molar-refractivity contribution in [3.8, 4) is 0 Å². The van der Waals surface area contributed by atoms with Crippen LogP contribution in [0.2, 0.25) is 0 Å². The highest BCUT2D eigenvalue weighted by molar-refractivity contribution is 7.97. The summed E-state index contributed by atoms with van der Waals surface area (Å²) >= 11 is 1.50. The van der Waals surface area contributed by atoms with Crippen molar-refractivity contribution >= 4 is 18.2 Å². The van der Waals surface area contributed by atoms with Crippen molar-refractivity contribution in [2.24, 2.45) is 0 Å². The fraction of sp³-hybridized carbons (Fsp3) is 0.462. The Hall–Kier alpha value is -0.800. The van der Waals surface area contributed by atoms with Gasteiger partial charge < -0.3 is 4.79 Å². The van der Waals surface area contributed by atoms with Gasteiger partial charge in [-0.3, -0.25) is 0 Å². The molecule has 0 saturated carbocycles. The summed E-state index contributed by atoms with van der Waals surface area (Å²) in [7, 11) is 0. The lowest BCUT2D eigenvalue weighted by atomic mass is 10.1. The van der Waals surface area contributed by atoms with Gasteiger partial charge in [0, 0.05) is 4.90 Å². The molecule has 0 atom stereocenters. The Morgan fingerprint density at radius 1 is 1.31 bits per heavy atom. The Labute approximate surface area is 102 Å². The van der Waals surface area contributed by atoms with Crippen molar-refractivity contribution in [2.45, 2.75) is 44.0 Å². The molecule has 2 nitrogen and oxygen atoms in total. The van der Waals surface area contributed by atoms with Crippen LogP contribution < -0.4 is 4.72 Å². The van der Waals surface area contributed by atoms with Gasteiger partial charge in [-0.1, -0.05) is 25.5 Å². The SMILES string of the molecule is CCCc1ccc(SNC(C)(C)C=O)cc1. The molecule has 0 amide bonds. The molecule has 0 aliphatic carbocycles. The largest absolute Gasteiger partial charge is 0.301 e. The highest BCUT2D eigenvalue weighted by Gasteiger charge is 2.15. The van der Waals surface area contributed by atoms with E-state index in [1.54, 1.807) is 0 Å². The number of carbonyl (C=O) groups excluding carboxylic acids is 1. The second kappa shape index (κ2) is 6.06. The second-order valence-electron chi connectivity index (χ2n) is 4.44. The lowest BCUT2D eigenvalue weighted by Crippen LogP contribution is -2.35. The number of nitrogens with one attached hydrogen (secondary N) is 1. The van der Waals surface area contributed by atoms with Crippen LogP contribution in [0.15, 0.2) is 29.2 Å². The molecule has 0 spiro atoms. The second-order valence-corrected chi connectivity index (χ2v) is 5.32. The van der Waals surface area contributed by atoms with Crippen LogP contribution in [-0.4, -0.2) is 11.8 Å². The Morgan fingerprint density at radius 2 is 1.94 bits per heavy atom. The molecule has 0 heterocycles. The fourth-order valence-corrected chi connectivity index (χ4v) is 1.93. The molecule has 0 bridgehead atoms. The van der Waals surface area contributed by atoms with Crippen LogP contribution in [0.5, 0.6) is 0 Å². The molecule has 1 rings (SSSR count). The zero-order chi connectivity index (χ0) is 12.0. The monoisotopic (exact) mass is 237 g/mol. The molecule has 0 aliphatic rings. The maximum absolute atomic E-state index is 10.7. The lowest BCUT2D eigenvalue weighted by Gasteiger charge is -2.17. The van der Waals surface area contributed by atoms with E-state index in [1.165, 1.54) is 23.9 Å². The quantitative estimate of drug-likeness (QED) is 0.608. The molecule has 0 aromatic heterocycles. The van der Waals surface area contributed by atoms with E-state index in [1.807, 2.05) is 13.8 Å². The van der Waals surface area contributed by atoms with Gasteiger partial charge in [0.05, 0.1) is 5.54 Å². The Kier molecular flexibility index (Phi) is 5.03. The molecule has 0 radical (unpaired) electrons. The van der Waals surface area contributed by atoms with Crippen molar-refractivity contribution in [1.82, 2.24) is 4.72 Å². The third-order valence-electron chi connectivity index (χ3n) is 2.19. The third-order valence-corrected chi connectivity index (χ3v) is 3.32. The molecule has 0 fully saturated rings. The summed E-state index contributed by atoms with van der Waals surface area (Å²) in [5, 5.41) is 0. The first-order chi connectivity index (χ1) is 7.57. The molecular weight excluding hydrogens is 218 g/mol. The molecule has 1 aromatic rings. The van der Waals surface area contributed by atoms with E-state index in [4.69, 9.17) is 0 Å². The van der Waals surface area contributed by atoms with E-state index in [0.29, 0.717) is 0 Å². The maximum atomic E-state index is 10.7. The minimum absolute atomic E-state index is 0.479. The van der Waals surface area contributed by atoms with Crippen LogP contribution in [0.1, 0.15) is 32.8 Å². The molecule has 88 valence electrons. The molecule has 1 aromatic carbocycles. The number of benzene rings is 1. The molecule has 16 heavy (non-hydrogen) atoms. The van der Waals surface area contributed by atoms with Gasteiger partial charge in [-0.2, -0.15) is 0 Å². The van der Waals surface area contributed by atoms with Crippen LogP contribution in [-0.2, 0) is 11.2 Å². The number of aryl methyl sites for hydroxylation is 1. The number of aldehydes is 1. The van der Waals surface area contributed by atoms with Crippen molar-refractivity contribution in [3.05, 3.63) is 29.8 Å². The summed E-state index contributed by atoms with van der Waals surface area (Å²) in [4.78, 5) is 11.8. The molecular formula is C13H19NOS. The van der Waals surface area contributed by atoms with Crippen LogP contribution in [0.4, 0.5) is 0 Å². The predicted molar refractivity (Wildman–Crippen MR) is 69.6 cm³/mol. The average molecular weight is 237 g/mol. The summed E-state index contributed by atoms with van der Waals surface area (Å²) in [6, 6.07) is 8.45. The Bertz CT molecular complexity index is 332. The third kappa shape index (κ3) is 4.37. The summed E-state index contributed by atoms with van der Waals surface area (Å²) in [5.41, 5.74) is 0.883. The Balaban J connectivity index is 2.52. The normalized spacial score (nSPS) is 11.4. The van der Waals surface area contributed by atoms with E-state index >= 15 is 0 Å². The highest BCUT2D eigenvalue weighted by atomic mass is 32.2. The fourth-order valence-electron chi connectivity index (χ4n) is 1.23. The standard InChI is InChI=1S/C13H19NOS/c1-4-5-11-6-8-12(9-7-11)16-14-13(2,3)10-15/h6-10,14H,4-5H2,1-3H3. The molecule has 0 aliphatic heterocycles. The molecule has 1 N–H and O–H groups in total. The van der Waals surface area contributed by atoms with Crippen molar-refractivity contribution in [1.29, 1.82) is 0 Å². The van der Waals surface area contributed by atoms with Gasteiger partial charge in [-0.15, -0.1) is 0 Å². The zero-order valence-electron chi connectivity index (χ0n) is 10.1. The van der Waals surface area contributed by atoms with Crippen LogP contribution in [0, 0.1) is 0 Å². The van der Waals surface area contributed by atoms with Gasteiger partial charge in [0.25, 0.3) is 0 Å². The average Bonchev–Trinajstić information content (AvgIpc) is 2.29. The molecule has 0 unspecified atom stereocenters. The first kappa shape index (κ1) is 13.3. The molecule has 3 heteroatoms. The van der Waals surface area contributed by atoms with Crippen LogP contribution in [0.3, 0.4) is 0 Å². The molecule has 0 saturated heterocycles. The van der Waals surface area contributed by atoms with E-state index in [9.17, 15) is 4.79 Å². The van der Waals surface area contributed by atoms with Crippen molar-refractivity contribution in [2.75, 3.05) is 0 Å². The van der Waals surface area contributed by atoms with E-state index in [2.05, 4.69) is 35.9 Å². The van der Waals surface area contributed by atoms with Crippen LogP contribution in [0.25, 0.3) is 0 Å². The minimum atomic E-state index is -0.479. The first-order valence-corrected chi connectivity index (χ1v) is 6.38. The van der Waals surface area contributed by atoms with E-state index in [-0.39, 0.29) is 0 Å². The number of rotatable bonds is 6. The number of hydrogen-bond donors (Lipinski definition) is 1. The van der Waals surface area contributed by atoms with Gasteiger partial charge in [0.15, 0.2) is 0 Å². The zero-order valence-corrected chi connectivity index (χ0v) is 10.9. The summed E-state index contributed by atoms with van der Waals surface area (Å²) in [6.07, 6.45) is 3.21. The van der Waals surface area contributed by atoms with Crippen molar-refractivity contribution in [3.63, 3.8) is 0 Å². The van der Waals surface area contributed by atoms with Gasteiger partial charge in [-0.05, 0) is 49.9 Å². The summed E-state index contributed by atoms with van der Waals surface area (Å²) in [5.74, 6) is 0. The first-order valence-electron chi connectivity index (χ1n) is 5.56. The summed E-state index contributed by atoms with van der Waals surface area (Å²) < 4.78 is 3.13. The number of hydrogen-bond acceptors (Lipinski definition) is 3. The van der Waals surface area contributed by atoms with Gasteiger partial charge >= 0.3 is 0 Å². The number of carbonyl (C=O) groups is 1. The van der Waals surface area contributed by atoms with Crippen LogP contribution >= 0.6 is 11.9 Å². The van der Waals surface area contributed by atoms with E-state index in [0.717, 1.165) is 17.6 Å². The highest BCUT2D eigenvalue weighted by Crippen LogP contribution is 2.18. The van der Waals surface area contributed by atoms with Gasteiger partial charge in [0.2, 0.25) is 0 Å². The predicted octanol–water partition coefficient (Wildman–Crippen LogP) is 3.21. The maximum Gasteiger partial charge on any atom is 0.140 e. The van der Waals surface area contributed by atoms with Gasteiger partial charge in [0.1, 0.15) is 6.29 Å². The Morgan fingerprint density at radius 3 is 2.44 bits per heavy atom. The van der Waals surface area contributed by atoms with Crippen molar-refractivity contribution < 1.29 is 4.79 Å². The lowest BCUT2D eigenvalue weighted by molar-refractivity contribution is -0.111.